The summed E-state index contributed by atoms with van der Waals surface area (Å²) in [5, 5.41) is 3.50. The summed E-state index contributed by atoms with van der Waals surface area (Å²) in [6.07, 6.45) is 2.53. The van der Waals surface area contributed by atoms with Crippen LogP contribution in [-0.2, 0) is 0 Å². The standard InChI is InChI=1S/C21H35N5O/c1-4-22-21(23-17-18-9-11-24(2)12-10-18)26-15-13-25(14-16-26)19-7-5-6-8-20(19)27-3/h5-8,18H,4,9-17H2,1-3H3,(H,22,23). The minimum atomic E-state index is 0.727. The van der Waals surface area contributed by atoms with Gasteiger partial charge >= 0.3 is 0 Å². The van der Waals surface area contributed by atoms with Crippen LogP contribution in [0.2, 0.25) is 0 Å². The van der Waals surface area contributed by atoms with Crippen molar-refractivity contribution in [3.8, 4) is 5.75 Å². The lowest BCUT2D eigenvalue weighted by molar-refractivity contribution is 0.223. The van der Waals surface area contributed by atoms with Gasteiger partial charge in [-0.1, -0.05) is 12.1 Å². The van der Waals surface area contributed by atoms with Crippen LogP contribution in [0.25, 0.3) is 0 Å². The Morgan fingerprint density at radius 2 is 1.81 bits per heavy atom. The molecule has 0 aromatic heterocycles. The second-order valence-corrected chi connectivity index (χ2v) is 7.59. The van der Waals surface area contributed by atoms with Gasteiger partial charge in [-0.3, -0.25) is 4.99 Å². The zero-order valence-corrected chi connectivity index (χ0v) is 17.2. The van der Waals surface area contributed by atoms with Crippen molar-refractivity contribution in [2.24, 2.45) is 10.9 Å². The van der Waals surface area contributed by atoms with Gasteiger partial charge in [0, 0.05) is 39.3 Å². The molecule has 1 aromatic carbocycles. The summed E-state index contributed by atoms with van der Waals surface area (Å²) < 4.78 is 5.53. The number of benzene rings is 1. The van der Waals surface area contributed by atoms with Gasteiger partial charge in [0.05, 0.1) is 12.8 Å². The van der Waals surface area contributed by atoms with Crippen LogP contribution in [0.15, 0.2) is 29.3 Å². The number of likely N-dealkylation sites (tertiary alicyclic amines) is 1. The molecule has 0 aliphatic carbocycles. The number of ether oxygens (including phenoxy) is 1. The minimum absolute atomic E-state index is 0.727. The number of nitrogens with zero attached hydrogens (tertiary/aromatic N) is 4. The molecule has 3 rings (SSSR count). The molecule has 6 nitrogen and oxygen atoms in total. The fourth-order valence-electron chi connectivity index (χ4n) is 3.94. The van der Waals surface area contributed by atoms with Crippen LogP contribution < -0.4 is 15.0 Å². The van der Waals surface area contributed by atoms with Crippen LogP contribution in [0.4, 0.5) is 5.69 Å². The number of guanidine groups is 1. The van der Waals surface area contributed by atoms with Gasteiger partial charge in [0.1, 0.15) is 5.75 Å². The van der Waals surface area contributed by atoms with Crippen LogP contribution in [-0.4, -0.2) is 82.3 Å². The molecule has 2 heterocycles. The smallest absolute Gasteiger partial charge is 0.194 e. The van der Waals surface area contributed by atoms with Gasteiger partial charge in [0.2, 0.25) is 0 Å². The Balaban J connectivity index is 1.57. The first-order chi connectivity index (χ1) is 13.2. The van der Waals surface area contributed by atoms with E-state index >= 15 is 0 Å². The molecule has 1 N–H and O–H groups in total. The number of anilines is 1. The Hall–Kier alpha value is -1.95. The van der Waals surface area contributed by atoms with Gasteiger partial charge in [-0.05, 0) is 58.0 Å². The maximum absolute atomic E-state index is 5.53. The van der Waals surface area contributed by atoms with Crippen LogP contribution in [0.1, 0.15) is 19.8 Å². The minimum Gasteiger partial charge on any atom is -0.495 e. The lowest BCUT2D eigenvalue weighted by atomic mass is 9.97. The van der Waals surface area contributed by atoms with Gasteiger partial charge < -0.3 is 24.8 Å². The molecule has 6 heteroatoms. The zero-order chi connectivity index (χ0) is 19.1. The predicted octanol–water partition coefficient (Wildman–Crippen LogP) is 2.12. The van der Waals surface area contributed by atoms with Crippen molar-refractivity contribution in [2.45, 2.75) is 19.8 Å². The molecule has 0 bridgehead atoms. The van der Waals surface area contributed by atoms with Crippen LogP contribution in [0.3, 0.4) is 0 Å². The van der Waals surface area contributed by atoms with E-state index in [0.717, 1.165) is 56.9 Å². The van der Waals surface area contributed by atoms with E-state index in [0.29, 0.717) is 0 Å². The van der Waals surface area contributed by atoms with Crippen molar-refractivity contribution in [3.05, 3.63) is 24.3 Å². The number of rotatable bonds is 5. The number of hydrogen-bond donors (Lipinski definition) is 1. The van der Waals surface area contributed by atoms with E-state index in [-0.39, 0.29) is 0 Å². The lowest BCUT2D eigenvalue weighted by Crippen LogP contribution is -2.52. The van der Waals surface area contributed by atoms with Gasteiger partial charge in [0.25, 0.3) is 0 Å². The fourth-order valence-corrected chi connectivity index (χ4v) is 3.94. The average Bonchev–Trinajstić information content (AvgIpc) is 2.72. The maximum Gasteiger partial charge on any atom is 0.194 e. The number of aliphatic imine (C=N–C) groups is 1. The number of methoxy groups -OCH3 is 1. The van der Waals surface area contributed by atoms with E-state index in [9.17, 15) is 0 Å². The molecular weight excluding hydrogens is 338 g/mol. The molecule has 150 valence electrons. The molecule has 0 atom stereocenters. The van der Waals surface area contributed by atoms with Gasteiger partial charge in [-0.2, -0.15) is 0 Å². The van der Waals surface area contributed by atoms with Crippen LogP contribution in [0.5, 0.6) is 5.75 Å². The highest BCUT2D eigenvalue weighted by Gasteiger charge is 2.22. The molecule has 0 saturated carbocycles. The van der Waals surface area contributed by atoms with Crippen molar-refractivity contribution in [1.29, 1.82) is 0 Å². The molecule has 27 heavy (non-hydrogen) atoms. The highest BCUT2D eigenvalue weighted by atomic mass is 16.5. The third-order valence-corrected chi connectivity index (χ3v) is 5.68. The highest BCUT2D eigenvalue weighted by molar-refractivity contribution is 5.80. The van der Waals surface area contributed by atoms with Gasteiger partial charge in [0.15, 0.2) is 5.96 Å². The van der Waals surface area contributed by atoms with E-state index in [4.69, 9.17) is 9.73 Å². The second-order valence-electron chi connectivity index (χ2n) is 7.59. The Kier molecular flexibility index (Phi) is 7.21. The van der Waals surface area contributed by atoms with Gasteiger partial charge in [-0.25, -0.2) is 0 Å². The van der Waals surface area contributed by atoms with Crippen molar-refractivity contribution >= 4 is 11.6 Å². The largest absolute Gasteiger partial charge is 0.495 e. The van der Waals surface area contributed by atoms with Crippen LogP contribution >= 0.6 is 0 Å². The first kappa shape index (κ1) is 19.8. The molecule has 2 aliphatic heterocycles. The average molecular weight is 374 g/mol. The van der Waals surface area contributed by atoms with Crippen molar-refractivity contribution < 1.29 is 4.74 Å². The lowest BCUT2D eigenvalue weighted by Gasteiger charge is -2.38. The summed E-state index contributed by atoms with van der Waals surface area (Å²) >= 11 is 0. The first-order valence-corrected chi connectivity index (χ1v) is 10.3. The molecule has 2 aliphatic rings. The van der Waals surface area contributed by atoms with E-state index in [1.165, 1.54) is 31.6 Å². The number of piperidine rings is 1. The third kappa shape index (κ3) is 5.28. The summed E-state index contributed by atoms with van der Waals surface area (Å²) in [5.41, 5.74) is 1.19. The SMILES string of the molecule is CCNC(=NCC1CCN(C)CC1)N1CCN(c2ccccc2OC)CC1. The number of piperazine rings is 1. The number of hydrogen-bond acceptors (Lipinski definition) is 4. The summed E-state index contributed by atoms with van der Waals surface area (Å²) in [6, 6.07) is 8.29. The molecule has 2 saturated heterocycles. The van der Waals surface area contributed by atoms with E-state index < -0.39 is 0 Å². The Labute approximate surface area is 164 Å². The third-order valence-electron chi connectivity index (χ3n) is 5.68. The predicted molar refractivity (Wildman–Crippen MR) is 113 cm³/mol. The summed E-state index contributed by atoms with van der Waals surface area (Å²) in [5.74, 6) is 2.76. The van der Waals surface area contributed by atoms with Crippen molar-refractivity contribution in [1.82, 2.24) is 15.1 Å². The van der Waals surface area contributed by atoms with E-state index in [1.54, 1.807) is 7.11 Å². The van der Waals surface area contributed by atoms with E-state index in [2.05, 4.69) is 46.1 Å². The highest BCUT2D eigenvalue weighted by Crippen LogP contribution is 2.28. The maximum atomic E-state index is 5.53. The Morgan fingerprint density at radius 1 is 1.11 bits per heavy atom. The molecule has 1 aromatic rings. The number of para-hydroxylation sites is 2. The van der Waals surface area contributed by atoms with Gasteiger partial charge in [-0.15, -0.1) is 0 Å². The van der Waals surface area contributed by atoms with Crippen molar-refractivity contribution in [3.63, 3.8) is 0 Å². The number of nitrogens with one attached hydrogen (secondary N) is 1. The van der Waals surface area contributed by atoms with E-state index in [1.807, 2.05) is 12.1 Å². The Bertz CT molecular complexity index is 604. The zero-order valence-electron chi connectivity index (χ0n) is 17.2. The quantitative estimate of drug-likeness (QED) is 0.633. The molecule has 0 unspecified atom stereocenters. The molecule has 2 fully saturated rings. The Morgan fingerprint density at radius 3 is 2.48 bits per heavy atom. The summed E-state index contributed by atoms with van der Waals surface area (Å²) in [6.45, 7) is 10.4. The summed E-state index contributed by atoms with van der Waals surface area (Å²) in [7, 11) is 3.96. The molecular formula is C21H35N5O. The monoisotopic (exact) mass is 373 g/mol. The molecule has 0 amide bonds. The van der Waals surface area contributed by atoms with Crippen molar-refractivity contribution in [2.75, 3.05) is 71.4 Å². The molecule has 0 radical (unpaired) electrons. The molecule has 0 spiro atoms. The van der Waals surface area contributed by atoms with Crippen LogP contribution in [0, 0.1) is 5.92 Å². The first-order valence-electron chi connectivity index (χ1n) is 10.3. The summed E-state index contributed by atoms with van der Waals surface area (Å²) in [4.78, 5) is 12.2. The fraction of sp³-hybridized carbons (Fsp3) is 0.667. The normalized spacial score (nSPS) is 20.0. The second kappa shape index (κ2) is 9.83. The topological polar surface area (TPSA) is 43.3 Å².